The van der Waals surface area contributed by atoms with Gasteiger partial charge in [-0.15, -0.1) is 0 Å². The van der Waals surface area contributed by atoms with Crippen molar-refractivity contribution in [2.75, 3.05) is 13.7 Å². The van der Waals surface area contributed by atoms with Gasteiger partial charge in [0.1, 0.15) is 0 Å². The van der Waals surface area contributed by atoms with Gasteiger partial charge in [0.25, 0.3) is 0 Å². The Morgan fingerprint density at radius 2 is 2.11 bits per heavy atom. The summed E-state index contributed by atoms with van der Waals surface area (Å²) in [6.07, 6.45) is 3.06. The number of aromatic nitrogens is 1. The first-order valence-electron chi connectivity index (χ1n) is 6.87. The van der Waals surface area contributed by atoms with Crippen molar-refractivity contribution in [3.8, 4) is 0 Å². The Balaban J connectivity index is 2.43. The van der Waals surface area contributed by atoms with Crippen LogP contribution in [0.5, 0.6) is 0 Å². The van der Waals surface area contributed by atoms with E-state index in [9.17, 15) is 0 Å². The van der Waals surface area contributed by atoms with Gasteiger partial charge in [-0.05, 0) is 37.6 Å². The molecule has 102 valence electrons. The molecular weight excluding hydrogens is 236 g/mol. The second-order valence-electron chi connectivity index (χ2n) is 4.79. The Hall–Kier alpha value is -1.45. The number of fused-ring (bicyclic) bond motifs is 1. The van der Waals surface area contributed by atoms with Gasteiger partial charge in [-0.3, -0.25) is 4.98 Å². The average molecular weight is 258 g/mol. The minimum atomic E-state index is 0.123. The van der Waals surface area contributed by atoms with Gasteiger partial charge in [-0.25, -0.2) is 0 Å². The topological polar surface area (TPSA) is 34.2 Å². The summed E-state index contributed by atoms with van der Waals surface area (Å²) in [4.78, 5) is 4.42. The van der Waals surface area contributed by atoms with Crippen LogP contribution in [0.3, 0.4) is 0 Å². The predicted molar refractivity (Wildman–Crippen MR) is 79.2 cm³/mol. The molecule has 0 aliphatic rings. The first-order valence-corrected chi connectivity index (χ1v) is 6.87. The van der Waals surface area contributed by atoms with E-state index in [-0.39, 0.29) is 12.1 Å². The largest absolute Gasteiger partial charge is 0.380 e. The van der Waals surface area contributed by atoms with Crippen molar-refractivity contribution in [1.82, 2.24) is 10.3 Å². The smallest absolute Gasteiger partial charge is 0.0738 e. The predicted octanol–water partition coefficient (Wildman–Crippen LogP) is 3.31. The zero-order valence-electron chi connectivity index (χ0n) is 11.9. The Morgan fingerprint density at radius 1 is 1.26 bits per heavy atom. The molecule has 2 atom stereocenters. The number of ether oxygens (including phenoxy) is 1. The maximum Gasteiger partial charge on any atom is 0.0738 e. The van der Waals surface area contributed by atoms with Crippen molar-refractivity contribution >= 4 is 10.9 Å². The van der Waals surface area contributed by atoms with Crippen LogP contribution >= 0.6 is 0 Å². The SMILES string of the molecule is CCCNC(c1cccc2ncccc12)C(C)OC. The number of nitrogens with one attached hydrogen (secondary N) is 1. The number of rotatable bonds is 6. The normalized spacial score (nSPS) is 14.5. The molecule has 0 amide bonds. The number of pyridine rings is 1. The van der Waals surface area contributed by atoms with E-state index in [1.54, 1.807) is 7.11 Å². The van der Waals surface area contributed by atoms with Crippen LogP contribution in [0, 0.1) is 0 Å². The summed E-state index contributed by atoms with van der Waals surface area (Å²) in [5.41, 5.74) is 2.29. The maximum absolute atomic E-state index is 5.53. The van der Waals surface area contributed by atoms with Crippen molar-refractivity contribution in [2.45, 2.75) is 32.4 Å². The Bertz CT molecular complexity index is 522. The van der Waals surface area contributed by atoms with Gasteiger partial charge in [0.05, 0.1) is 17.7 Å². The van der Waals surface area contributed by atoms with Crippen molar-refractivity contribution in [3.05, 3.63) is 42.1 Å². The highest BCUT2D eigenvalue weighted by molar-refractivity contribution is 5.82. The molecule has 0 spiro atoms. The Morgan fingerprint density at radius 3 is 2.84 bits per heavy atom. The van der Waals surface area contributed by atoms with Gasteiger partial charge < -0.3 is 10.1 Å². The lowest BCUT2D eigenvalue weighted by molar-refractivity contribution is 0.0835. The van der Waals surface area contributed by atoms with Gasteiger partial charge in [-0.1, -0.05) is 25.1 Å². The summed E-state index contributed by atoms with van der Waals surface area (Å²) in [5.74, 6) is 0. The van der Waals surface area contributed by atoms with E-state index in [1.807, 2.05) is 18.3 Å². The van der Waals surface area contributed by atoms with E-state index in [0.29, 0.717) is 0 Å². The van der Waals surface area contributed by atoms with Crippen molar-refractivity contribution < 1.29 is 4.74 Å². The molecule has 0 radical (unpaired) electrons. The van der Waals surface area contributed by atoms with Crippen molar-refractivity contribution in [2.24, 2.45) is 0 Å². The van der Waals surface area contributed by atoms with Gasteiger partial charge in [0.15, 0.2) is 0 Å². The molecule has 0 aliphatic heterocycles. The Labute approximate surface area is 115 Å². The van der Waals surface area contributed by atoms with Gasteiger partial charge in [0, 0.05) is 18.7 Å². The molecule has 0 aliphatic carbocycles. The number of hydrogen-bond acceptors (Lipinski definition) is 3. The van der Waals surface area contributed by atoms with Crippen LogP contribution in [-0.2, 0) is 4.74 Å². The minimum Gasteiger partial charge on any atom is -0.380 e. The van der Waals surface area contributed by atoms with E-state index >= 15 is 0 Å². The molecule has 0 fully saturated rings. The lowest BCUT2D eigenvalue weighted by atomic mass is 9.97. The Kier molecular flexibility index (Phi) is 4.88. The lowest BCUT2D eigenvalue weighted by Crippen LogP contribution is -2.32. The molecule has 3 nitrogen and oxygen atoms in total. The summed E-state index contributed by atoms with van der Waals surface area (Å²) in [6.45, 7) is 5.25. The third-order valence-corrected chi connectivity index (χ3v) is 3.47. The third-order valence-electron chi connectivity index (χ3n) is 3.47. The highest BCUT2D eigenvalue weighted by Crippen LogP contribution is 2.26. The molecule has 2 aromatic rings. The zero-order chi connectivity index (χ0) is 13.7. The van der Waals surface area contributed by atoms with Crippen LogP contribution in [0.25, 0.3) is 10.9 Å². The second-order valence-corrected chi connectivity index (χ2v) is 4.79. The van der Waals surface area contributed by atoms with E-state index in [2.05, 4.69) is 42.3 Å². The van der Waals surface area contributed by atoms with E-state index in [4.69, 9.17) is 4.74 Å². The molecular formula is C16H22N2O. The summed E-state index contributed by atoms with van der Waals surface area (Å²) in [7, 11) is 1.76. The molecule has 1 aromatic carbocycles. The van der Waals surface area contributed by atoms with Crippen LogP contribution in [0.15, 0.2) is 36.5 Å². The van der Waals surface area contributed by atoms with Crippen molar-refractivity contribution in [3.63, 3.8) is 0 Å². The van der Waals surface area contributed by atoms with Gasteiger partial charge >= 0.3 is 0 Å². The molecule has 1 aromatic heterocycles. The molecule has 1 heterocycles. The number of hydrogen-bond donors (Lipinski definition) is 1. The van der Waals surface area contributed by atoms with Crippen molar-refractivity contribution in [1.29, 1.82) is 0 Å². The van der Waals surface area contributed by atoms with Crippen LogP contribution in [0.1, 0.15) is 31.9 Å². The second kappa shape index (κ2) is 6.64. The molecule has 2 rings (SSSR count). The molecule has 2 unspecified atom stereocenters. The number of methoxy groups -OCH3 is 1. The summed E-state index contributed by atoms with van der Waals surface area (Å²) in [5, 5.41) is 4.77. The summed E-state index contributed by atoms with van der Waals surface area (Å²) < 4.78 is 5.53. The highest BCUT2D eigenvalue weighted by atomic mass is 16.5. The first kappa shape index (κ1) is 14.0. The number of benzene rings is 1. The zero-order valence-corrected chi connectivity index (χ0v) is 11.9. The fourth-order valence-electron chi connectivity index (χ4n) is 2.36. The molecule has 0 saturated carbocycles. The fourth-order valence-corrected chi connectivity index (χ4v) is 2.36. The maximum atomic E-state index is 5.53. The van der Waals surface area contributed by atoms with E-state index < -0.39 is 0 Å². The molecule has 3 heteroatoms. The molecule has 0 bridgehead atoms. The summed E-state index contributed by atoms with van der Waals surface area (Å²) in [6, 6.07) is 10.6. The molecule has 1 N–H and O–H groups in total. The van der Waals surface area contributed by atoms with Crippen LogP contribution in [0.2, 0.25) is 0 Å². The van der Waals surface area contributed by atoms with E-state index in [1.165, 1.54) is 10.9 Å². The first-order chi connectivity index (χ1) is 9.27. The van der Waals surface area contributed by atoms with Crippen LogP contribution in [-0.4, -0.2) is 24.7 Å². The average Bonchev–Trinajstić information content (AvgIpc) is 2.47. The van der Waals surface area contributed by atoms with Gasteiger partial charge in [-0.2, -0.15) is 0 Å². The van der Waals surface area contributed by atoms with Crippen LogP contribution in [0.4, 0.5) is 0 Å². The third kappa shape index (κ3) is 3.11. The molecule has 0 saturated heterocycles. The standard InChI is InChI=1S/C16H22N2O/c1-4-10-18-16(12(2)19-3)14-7-5-9-15-13(14)8-6-11-17-15/h5-9,11-12,16,18H,4,10H2,1-3H3. The fraction of sp³-hybridized carbons (Fsp3) is 0.438. The molecule has 19 heavy (non-hydrogen) atoms. The number of nitrogens with zero attached hydrogens (tertiary/aromatic N) is 1. The van der Waals surface area contributed by atoms with Gasteiger partial charge in [0.2, 0.25) is 0 Å². The van der Waals surface area contributed by atoms with E-state index in [0.717, 1.165) is 18.5 Å². The quantitative estimate of drug-likeness (QED) is 0.863. The summed E-state index contributed by atoms with van der Waals surface area (Å²) >= 11 is 0. The van der Waals surface area contributed by atoms with Crippen LogP contribution < -0.4 is 5.32 Å². The lowest BCUT2D eigenvalue weighted by Gasteiger charge is -2.25. The minimum absolute atomic E-state index is 0.123. The monoisotopic (exact) mass is 258 g/mol. The highest BCUT2D eigenvalue weighted by Gasteiger charge is 2.20.